The van der Waals surface area contributed by atoms with Crippen molar-refractivity contribution in [1.29, 1.82) is 0 Å². The first-order valence-corrected chi connectivity index (χ1v) is 6.03. The number of hydrogen-bond acceptors (Lipinski definition) is 2. The van der Waals surface area contributed by atoms with E-state index in [-0.39, 0.29) is 0 Å². The monoisotopic (exact) mass is 183 g/mol. The molecule has 3 rings (SSSR count). The summed E-state index contributed by atoms with van der Waals surface area (Å²) in [5.74, 6) is 2.37. The molecule has 0 aromatic heterocycles. The van der Waals surface area contributed by atoms with Crippen molar-refractivity contribution in [3.63, 3.8) is 0 Å². The molecule has 2 heteroatoms. The predicted molar refractivity (Wildman–Crippen MR) is 52.9 cm³/mol. The Bertz CT molecular complexity index is 222. The molecule has 1 nitrogen and oxygen atoms in total. The second-order valence-corrected chi connectivity index (χ2v) is 6.12. The molecule has 0 radical (unpaired) electrons. The van der Waals surface area contributed by atoms with Crippen molar-refractivity contribution >= 4 is 11.9 Å². The molecule has 68 valence electrons. The Morgan fingerprint density at radius 3 is 2.92 bits per heavy atom. The van der Waals surface area contributed by atoms with E-state index in [0.29, 0.717) is 10.8 Å². The van der Waals surface area contributed by atoms with Gasteiger partial charge in [0.05, 0.1) is 0 Å². The van der Waals surface area contributed by atoms with Gasteiger partial charge in [-0.05, 0) is 30.6 Å². The van der Waals surface area contributed by atoms with E-state index in [1.54, 1.807) is 0 Å². The maximum atomic E-state index is 3.61. The van der Waals surface area contributed by atoms with E-state index < -0.39 is 0 Å². The molecule has 0 amide bonds. The van der Waals surface area contributed by atoms with Crippen molar-refractivity contribution in [1.82, 2.24) is 4.72 Å². The van der Waals surface area contributed by atoms with Crippen molar-refractivity contribution in [3.05, 3.63) is 0 Å². The van der Waals surface area contributed by atoms with Gasteiger partial charge in [-0.25, -0.2) is 0 Å². The van der Waals surface area contributed by atoms with Crippen LogP contribution >= 0.6 is 11.9 Å². The molecule has 2 bridgehead atoms. The van der Waals surface area contributed by atoms with Gasteiger partial charge in [-0.15, -0.1) is 0 Å². The fourth-order valence-corrected chi connectivity index (χ4v) is 5.44. The molecule has 1 aliphatic heterocycles. The summed E-state index contributed by atoms with van der Waals surface area (Å²) >= 11 is 1.97. The minimum absolute atomic E-state index is 0.619. The van der Waals surface area contributed by atoms with Crippen molar-refractivity contribution in [2.24, 2.45) is 16.7 Å². The summed E-state index contributed by atoms with van der Waals surface area (Å²) in [5.41, 5.74) is 1.29. The average Bonchev–Trinajstić information content (AvgIpc) is 2.60. The fraction of sp³-hybridized carbons (Fsp3) is 1.00. The highest BCUT2D eigenvalue weighted by molar-refractivity contribution is 7.97. The molecule has 0 unspecified atom stereocenters. The number of rotatable bonds is 0. The molecule has 3 fully saturated rings. The first-order valence-electron chi connectivity index (χ1n) is 5.04. The summed E-state index contributed by atoms with van der Waals surface area (Å²) in [7, 11) is 0. The van der Waals surface area contributed by atoms with Crippen LogP contribution in [-0.2, 0) is 0 Å². The van der Waals surface area contributed by atoms with E-state index >= 15 is 0 Å². The Morgan fingerprint density at radius 1 is 1.42 bits per heavy atom. The lowest BCUT2D eigenvalue weighted by Gasteiger charge is -2.36. The molecule has 2 saturated carbocycles. The lowest BCUT2D eigenvalue weighted by atomic mass is 9.69. The van der Waals surface area contributed by atoms with E-state index in [2.05, 4.69) is 18.6 Å². The Balaban J connectivity index is 2.09. The fourth-order valence-electron chi connectivity index (χ4n) is 3.86. The molecule has 3 atom stereocenters. The minimum Gasteiger partial charge on any atom is -0.260 e. The molecule has 12 heavy (non-hydrogen) atoms. The van der Waals surface area contributed by atoms with E-state index in [9.17, 15) is 0 Å². The molecular weight excluding hydrogens is 166 g/mol. The highest BCUT2D eigenvalue weighted by atomic mass is 32.2. The van der Waals surface area contributed by atoms with Crippen LogP contribution in [0.15, 0.2) is 0 Å². The summed E-state index contributed by atoms with van der Waals surface area (Å²) in [6.45, 7) is 5.00. The first kappa shape index (κ1) is 7.69. The van der Waals surface area contributed by atoms with Crippen LogP contribution in [0.3, 0.4) is 0 Å². The van der Waals surface area contributed by atoms with Crippen LogP contribution in [0.25, 0.3) is 0 Å². The maximum absolute atomic E-state index is 3.61. The lowest BCUT2D eigenvalue weighted by molar-refractivity contribution is 0.147. The molecule has 3 aliphatic rings. The Kier molecular flexibility index (Phi) is 1.30. The lowest BCUT2D eigenvalue weighted by Crippen LogP contribution is -2.39. The third kappa shape index (κ3) is 0.609. The summed E-state index contributed by atoms with van der Waals surface area (Å²) in [4.78, 5) is 0. The highest BCUT2D eigenvalue weighted by Gasteiger charge is 2.65. The van der Waals surface area contributed by atoms with Crippen LogP contribution in [0.2, 0.25) is 0 Å². The summed E-state index contributed by atoms with van der Waals surface area (Å²) in [6.07, 6.45) is 4.42. The van der Waals surface area contributed by atoms with Crippen LogP contribution in [-0.4, -0.2) is 11.8 Å². The zero-order chi connectivity index (χ0) is 8.40. The summed E-state index contributed by atoms with van der Waals surface area (Å²) in [5, 5.41) is 0. The second-order valence-electron chi connectivity index (χ2n) is 5.31. The van der Waals surface area contributed by atoms with E-state index in [0.717, 1.165) is 12.0 Å². The van der Waals surface area contributed by atoms with E-state index in [4.69, 9.17) is 0 Å². The number of nitrogens with one attached hydrogen (secondary N) is 1. The van der Waals surface area contributed by atoms with Gasteiger partial charge in [0.1, 0.15) is 0 Å². The third-order valence-corrected chi connectivity index (χ3v) is 6.10. The second kappa shape index (κ2) is 2.03. The van der Waals surface area contributed by atoms with Gasteiger partial charge in [-0.3, -0.25) is 4.72 Å². The molecule has 2 aliphatic carbocycles. The van der Waals surface area contributed by atoms with Crippen LogP contribution < -0.4 is 4.72 Å². The molecular formula is C10H17NS. The molecule has 0 aromatic rings. The minimum atomic E-state index is 0.619. The largest absolute Gasteiger partial charge is 0.260 e. The Labute approximate surface area is 78.8 Å². The van der Waals surface area contributed by atoms with Gasteiger partial charge in [0, 0.05) is 17.2 Å². The van der Waals surface area contributed by atoms with E-state index in [1.165, 1.54) is 25.0 Å². The first-order chi connectivity index (χ1) is 5.67. The van der Waals surface area contributed by atoms with Gasteiger partial charge < -0.3 is 0 Å². The number of hydrogen-bond donors (Lipinski definition) is 1. The van der Waals surface area contributed by atoms with Crippen molar-refractivity contribution < 1.29 is 0 Å². The molecule has 1 spiro atoms. The van der Waals surface area contributed by atoms with Crippen LogP contribution in [0.1, 0.15) is 33.1 Å². The Hall–Kier alpha value is 0.310. The van der Waals surface area contributed by atoms with Gasteiger partial charge in [-0.1, -0.05) is 25.8 Å². The zero-order valence-electron chi connectivity index (χ0n) is 7.89. The molecule has 1 heterocycles. The van der Waals surface area contributed by atoms with E-state index in [1.807, 2.05) is 11.9 Å². The van der Waals surface area contributed by atoms with Crippen LogP contribution in [0.5, 0.6) is 0 Å². The maximum Gasteiger partial charge on any atom is 0.0244 e. The summed E-state index contributed by atoms with van der Waals surface area (Å²) < 4.78 is 3.61. The zero-order valence-corrected chi connectivity index (χ0v) is 8.71. The quantitative estimate of drug-likeness (QED) is 0.579. The van der Waals surface area contributed by atoms with Crippen molar-refractivity contribution in [2.75, 3.05) is 5.75 Å². The predicted octanol–water partition coefficient (Wildman–Crippen LogP) is 2.43. The van der Waals surface area contributed by atoms with Crippen molar-refractivity contribution in [2.45, 2.75) is 39.2 Å². The van der Waals surface area contributed by atoms with Gasteiger partial charge in [0.15, 0.2) is 0 Å². The topological polar surface area (TPSA) is 12.0 Å². The molecule has 1 saturated heterocycles. The summed E-state index contributed by atoms with van der Waals surface area (Å²) in [6, 6.07) is 0.844. The van der Waals surface area contributed by atoms with Crippen molar-refractivity contribution in [3.8, 4) is 0 Å². The third-order valence-electron chi connectivity index (χ3n) is 4.99. The highest BCUT2D eigenvalue weighted by Crippen LogP contribution is 2.68. The van der Waals surface area contributed by atoms with Crippen LogP contribution in [0.4, 0.5) is 0 Å². The normalized spacial score (nSPS) is 54.5. The smallest absolute Gasteiger partial charge is 0.0244 e. The van der Waals surface area contributed by atoms with Crippen LogP contribution in [0, 0.1) is 16.7 Å². The van der Waals surface area contributed by atoms with Gasteiger partial charge in [0.2, 0.25) is 0 Å². The van der Waals surface area contributed by atoms with Gasteiger partial charge >= 0.3 is 0 Å². The van der Waals surface area contributed by atoms with Gasteiger partial charge in [0.25, 0.3) is 0 Å². The Morgan fingerprint density at radius 2 is 2.25 bits per heavy atom. The molecule has 0 aromatic carbocycles. The standard InChI is InChI=1S/C10H17NS/c1-9(2)7-3-4-10(9)6-12-11-8(10)5-7/h7-8,11H,3-6H2,1-2H3/t7-,8-,10-/m0/s1. The van der Waals surface area contributed by atoms with Gasteiger partial charge in [-0.2, -0.15) is 0 Å². The number of fused-ring (bicyclic) bond motifs is 1. The molecule has 1 N–H and O–H groups in total. The SMILES string of the molecule is CC1(C)[C@H]2CC[C@@]13CSN[C@H]3C2. The average molecular weight is 183 g/mol.